The van der Waals surface area contributed by atoms with E-state index in [-0.39, 0.29) is 23.5 Å². The number of carbonyl (C=O) groups excluding carboxylic acids is 3. The number of hydrogen-bond acceptors (Lipinski definition) is 7. The van der Waals surface area contributed by atoms with Crippen molar-refractivity contribution in [1.82, 2.24) is 20.1 Å². The molecule has 0 saturated heterocycles. The molecule has 0 bridgehead atoms. The number of hydrogen-bond donors (Lipinski definition) is 2. The molecule has 10 heteroatoms. The van der Waals surface area contributed by atoms with Crippen LogP contribution in [0.15, 0.2) is 66.3 Å². The van der Waals surface area contributed by atoms with Crippen LogP contribution in [0.5, 0.6) is 0 Å². The fraction of sp³-hybridized carbons (Fsp3) is 0.296. The summed E-state index contributed by atoms with van der Waals surface area (Å²) in [5.41, 5.74) is 2.60. The Morgan fingerprint density at radius 3 is 2.30 bits per heavy atom. The fourth-order valence-corrected chi connectivity index (χ4v) is 4.29. The minimum Gasteiger partial charge on any atom is -0.465 e. The van der Waals surface area contributed by atoms with Crippen LogP contribution in [-0.2, 0) is 16.1 Å². The van der Waals surface area contributed by atoms with E-state index in [0.717, 1.165) is 5.56 Å². The summed E-state index contributed by atoms with van der Waals surface area (Å²) in [5.74, 6) is -0.151. The predicted molar refractivity (Wildman–Crippen MR) is 144 cm³/mol. The van der Waals surface area contributed by atoms with Gasteiger partial charge in [0.25, 0.3) is 5.91 Å². The number of anilines is 1. The van der Waals surface area contributed by atoms with Crippen LogP contribution in [-0.4, -0.2) is 45.4 Å². The first-order chi connectivity index (χ1) is 17.7. The van der Waals surface area contributed by atoms with Crippen molar-refractivity contribution >= 4 is 35.2 Å². The molecular formula is C27H31N5O4S. The van der Waals surface area contributed by atoms with Gasteiger partial charge in [0.1, 0.15) is 0 Å². The first-order valence-corrected chi connectivity index (χ1v) is 12.7. The Balaban J connectivity index is 1.70. The Bertz CT molecular complexity index is 1250. The highest BCUT2D eigenvalue weighted by Gasteiger charge is 2.26. The Morgan fingerprint density at radius 2 is 1.70 bits per heavy atom. The Labute approximate surface area is 220 Å². The maximum atomic E-state index is 12.9. The van der Waals surface area contributed by atoms with Gasteiger partial charge in [0.2, 0.25) is 5.91 Å². The zero-order valence-electron chi connectivity index (χ0n) is 21.4. The molecule has 0 saturated carbocycles. The fourth-order valence-electron chi connectivity index (χ4n) is 3.53. The lowest BCUT2D eigenvalue weighted by molar-refractivity contribution is -0.113. The molecule has 9 nitrogen and oxygen atoms in total. The number of amides is 2. The molecule has 1 heterocycles. The standard InChI is InChI=1S/C27H31N5O4S/c1-6-15-32-24(23(17(2)3)29-25(34)19-9-7-18(4)8-10-19)30-31-27(32)37-16-22(33)28-21-13-11-20(12-14-21)26(35)36-5/h6-14,17,23H,1,15-16H2,2-5H3,(H,28,33)(H,29,34)/t23-/m1/s1. The number of nitrogens with zero attached hydrogens (tertiary/aromatic N) is 3. The lowest BCUT2D eigenvalue weighted by Gasteiger charge is -2.22. The van der Waals surface area contributed by atoms with E-state index < -0.39 is 12.0 Å². The zero-order chi connectivity index (χ0) is 26.9. The van der Waals surface area contributed by atoms with E-state index in [0.29, 0.717) is 34.3 Å². The summed E-state index contributed by atoms with van der Waals surface area (Å²) in [7, 11) is 1.31. The van der Waals surface area contributed by atoms with E-state index in [9.17, 15) is 14.4 Å². The molecule has 2 N–H and O–H groups in total. The van der Waals surface area contributed by atoms with Crippen molar-refractivity contribution in [3.63, 3.8) is 0 Å². The van der Waals surface area contributed by atoms with Crippen molar-refractivity contribution in [2.45, 2.75) is 38.5 Å². The summed E-state index contributed by atoms with van der Waals surface area (Å²) in [5, 5.41) is 15.1. The van der Waals surface area contributed by atoms with E-state index >= 15 is 0 Å². The van der Waals surface area contributed by atoms with Crippen LogP contribution in [0, 0.1) is 12.8 Å². The van der Waals surface area contributed by atoms with Gasteiger partial charge in [0.05, 0.1) is 24.5 Å². The highest BCUT2D eigenvalue weighted by atomic mass is 32.2. The van der Waals surface area contributed by atoms with Crippen LogP contribution in [0.25, 0.3) is 0 Å². The lowest BCUT2D eigenvalue weighted by Crippen LogP contribution is -2.33. The third kappa shape index (κ3) is 7.29. The van der Waals surface area contributed by atoms with Crippen LogP contribution < -0.4 is 10.6 Å². The second kappa shape index (κ2) is 12.9. The quantitative estimate of drug-likeness (QED) is 0.218. The molecule has 0 aliphatic rings. The van der Waals surface area contributed by atoms with E-state index in [1.807, 2.05) is 37.5 Å². The average Bonchev–Trinajstić information content (AvgIpc) is 3.28. The van der Waals surface area contributed by atoms with Gasteiger partial charge in [-0.25, -0.2) is 4.79 Å². The second-order valence-electron chi connectivity index (χ2n) is 8.71. The molecule has 0 fully saturated rings. The third-order valence-corrected chi connectivity index (χ3v) is 6.49. The Morgan fingerprint density at radius 1 is 1.05 bits per heavy atom. The first-order valence-electron chi connectivity index (χ1n) is 11.8. The number of aromatic nitrogens is 3. The molecule has 3 rings (SSSR count). The van der Waals surface area contributed by atoms with Crippen LogP contribution in [0.4, 0.5) is 5.69 Å². The average molecular weight is 522 g/mol. The summed E-state index contributed by atoms with van der Waals surface area (Å²) in [6.45, 7) is 10.2. The number of ether oxygens (including phenoxy) is 1. The van der Waals surface area contributed by atoms with Gasteiger partial charge in [0, 0.05) is 17.8 Å². The van der Waals surface area contributed by atoms with Crippen molar-refractivity contribution in [3.8, 4) is 0 Å². The molecule has 2 aromatic carbocycles. The monoisotopic (exact) mass is 521 g/mol. The van der Waals surface area contributed by atoms with Gasteiger partial charge in [0.15, 0.2) is 11.0 Å². The smallest absolute Gasteiger partial charge is 0.337 e. The summed E-state index contributed by atoms with van der Waals surface area (Å²) < 4.78 is 6.54. The molecule has 0 spiro atoms. The first kappa shape index (κ1) is 27.7. The third-order valence-electron chi connectivity index (χ3n) is 5.52. The van der Waals surface area contributed by atoms with Crippen molar-refractivity contribution in [2.75, 3.05) is 18.2 Å². The number of carbonyl (C=O) groups is 3. The van der Waals surface area contributed by atoms with Gasteiger partial charge in [-0.1, -0.05) is 49.4 Å². The number of allylic oxidation sites excluding steroid dienone is 1. The van der Waals surface area contributed by atoms with E-state index in [1.165, 1.54) is 18.9 Å². The van der Waals surface area contributed by atoms with Crippen molar-refractivity contribution in [2.24, 2.45) is 5.92 Å². The van der Waals surface area contributed by atoms with Crippen LogP contribution in [0.1, 0.15) is 52.0 Å². The summed E-state index contributed by atoms with van der Waals surface area (Å²) in [4.78, 5) is 37.0. The summed E-state index contributed by atoms with van der Waals surface area (Å²) >= 11 is 1.24. The molecule has 37 heavy (non-hydrogen) atoms. The van der Waals surface area contributed by atoms with Crippen LogP contribution in [0.2, 0.25) is 0 Å². The lowest BCUT2D eigenvalue weighted by atomic mass is 10.0. The van der Waals surface area contributed by atoms with Gasteiger partial charge >= 0.3 is 5.97 Å². The molecule has 0 unspecified atom stereocenters. The van der Waals surface area contributed by atoms with Gasteiger partial charge < -0.3 is 19.9 Å². The number of methoxy groups -OCH3 is 1. The number of benzene rings is 2. The minimum atomic E-state index is -0.444. The largest absolute Gasteiger partial charge is 0.465 e. The number of nitrogens with one attached hydrogen (secondary N) is 2. The predicted octanol–water partition coefficient (Wildman–Crippen LogP) is 4.42. The Hall–Kier alpha value is -3.92. The van der Waals surface area contributed by atoms with Gasteiger partial charge in [-0.2, -0.15) is 0 Å². The van der Waals surface area contributed by atoms with E-state index in [2.05, 4.69) is 32.1 Å². The maximum Gasteiger partial charge on any atom is 0.337 e. The zero-order valence-corrected chi connectivity index (χ0v) is 22.2. The molecular weight excluding hydrogens is 490 g/mol. The molecule has 1 aromatic heterocycles. The maximum absolute atomic E-state index is 12.9. The molecule has 3 aromatic rings. The molecule has 2 amide bonds. The van der Waals surface area contributed by atoms with E-state index in [1.54, 1.807) is 42.5 Å². The second-order valence-corrected chi connectivity index (χ2v) is 9.65. The Kier molecular flexibility index (Phi) is 9.62. The molecule has 0 aliphatic carbocycles. The van der Waals surface area contributed by atoms with Gasteiger partial charge in [-0.3, -0.25) is 9.59 Å². The number of thioether (sulfide) groups is 1. The molecule has 194 valence electrons. The molecule has 0 aliphatic heterocycles. The highest BCUT2D eigenvalue weighted by molar-refractivity contribution is 7.99. The number of aryl methyl sites for hydroxylation is 1. The number of rotatable bonds is 11. The number of esters is 1. The normalized spacial score (nSPS) is 11.6. The molecule has 0 radical (unpaired) electrons. The highest BCUT2D eigenvalue weighted by Crippen LogP contribution is 2.26. The SMILES string of the molecule is C=CCn1c(SCC(=O)Nc2ccc(C(=O)OC)cc2)nnc1[C@H](NC(=O)c1ccc(C)cc1)C(C)C. The van der Waals surface area contributed by atoms with Crippen molar-refractivity contribution in [1.29, 1.82) is 0 Å². The van der Waals surface area contributed by atoms with Crippen LogP contribution >= 0.6 is 11.8 Å². The summed E-state index contributed by atoms with van der Waals surface area (Å²) in [6, 6.07) is 13.4. The van der Waals surface area contributed by atoms with Crippen LogP contribution in [0.3, 0.4) is 0 Å². The summed E-state index contributed by atoms with van der Waals surface area (Å²) in [6.07, 6.45) is 1.72. The molecule has 1 atom stereocenters. The minimum absolute atomic E-state index is 0.0382. The van der Waals surface area contributed by atoms with Crippen molar-refractivity contribution in [3.05, 3.63) is 83.7 Å². The van der Waals surface area contributed by atoms with Gasteiger partial charge in [-0.15, -0.1) is 16.8 Å². The van der Waals surface area contributed by atoms with E-state index in [4.69, 9.17) is 0 Å². The van der Waals surface area contributed by atoms with Crippen molar-refractivity contribution < 1.29 is 19.1 Å². The van der Waals surface area contributed by atoms with Gasteiger partial charge in [-0.05, 0) is 49.2 Å². The topological polar surface area (TPSA) is 115 Å².